The van der Waals surface area contributed by atoms with Gasteiger partial charge in [-0.25, -0.2) is 4.39 Å². The van der Waals surface area contributed by atoms with Gasteiger partial charge in [-0.3, -0.25) is 9.59 Å². The molecular formula is C17H25FN2O3. The molecule has 0 radical (unpaired) electrons. The molecule has 0 spiro atoms. The second-order valence-electron chi connectivity index (χ2n) is 5.41. The number of Topliss-reactive ketones (excluding diaryl/α,β-unsaturated/α-hetero) is 1. The number of unbranched alkanes of at least 4 members (excludes halogenated alkanes) is 1. The van der Waals surface area contributed by atoms with E-state index < -0.39 is 5.82 Å². The quantitative estimate of drug-likeness (QED) is 0.648. The van der Waals surface area contributed by atoms with Gasteiger partial charge in [0.25, 0.3) is 0 Å². The highest BCUT2D eigenvalue weighted by Crippen LogP contribution is 2.18. The molecule has 0 aliphatic carbocycles. The molecule has 1 amide bonds. The number of halogens is 1. The number of rotatable bonds is 10. The van der Waals surface area contributed by atoms with Crippen LogP contribution < -0.4 is 15.8 Å². The first kappa shape index (κ1) is 19.1. The average molecular weight is 324 g/mol. The molecule has 0 saturated heterocycles. The number of ketones is 1. The molecule has 0 aliphatic heterocycles. The van der Waals surface area contributed by atoms with Crippen LogP contribution in [0.25, 0.3) is 0 Å². The SMILES string of the molecule is CCCCC(CN)NC(=O)CCC(=O)c1ccc(OC)c(F)c1. The fourth-order valence-electron chi connectivity index (χ4n) is 2.21. The topological polar surface area (TPSA) is 81.4 Å². The summed E-state index contributed by atoms with van der Waals surface area (Å²) in [6, 6.07) is 3.96. The van der Waals surface area contributed by atoms with Crippen molar-refractivity contribution >= 4 is 11.7 Å². The van der Waals surface area contributed by atoms with Crippen molar-refractivity contribution in [1.29, 1.82) is 0 Å². The maximum Gasteiger partial charge on any atom is 0.220 e. The number of nitrogens with two attached hydrogens (primary N) is 1. The zero-order chi connectivity index (χ0) is 17.2. The Labute approximate surface area is 136 Å². The number of hydrogen-bond donors (Lipinski definition) is 2. The Kier molecular flexibility index (Phi) is 8.26. The molecule has 5 nitrogen and oxygen atoms in total. The molecule has 1 aromatic rings. The normalized spacial score (nSPS) is 11.8. The van der Waals surface area contributed by atoms with Gasteiger partial charge < -0.3 is 15.8 Å². The highest BCUT2D eigenvalue weighted by Gasteiger charge is 2.14. The van der Waals surface area contributed by atoms with Crippen LogP contribution in [0.15, 0.2) is 18.2 Å². The van der Waals surface area contributed by atoms with E-state index in [0.29, 0.717) is 6.54 Å². The van der Waals surface area contributed by atoms with E-state index in [1.165, 1.54) is 19.2 Å². The minimum atomic E-state index is -0.592. The Bertz CT molecular complexity index is 535. The molecule has 0 heterocycles. The molecule has 3 N–H and O–H groups in total. The number of benzene rings is 1. The molecular weight excluding hydrogens is 299 g/mol. The Hall–Kier alpha value is -1.95. The molecule has 23 heavy (non-hydrogen) atoms. The highest BCUT2D eigenvalue weighted by atomic mass is 19.1. The first-order valence-electron chi connectivity index (χ1n) is 7.88. The number of carbonyl (C=O) groups is 2. The van der Waals surface area contributed by atoms with Crippen molar-refractivity contribution in [1.82, 2.24) is 5.32 Å². The zero-order valence-electron chi connectivity index (χ0n) is 13.7. The summed E-state index contributed by atoms with van der Waals surface area (Å²) in [4.78, 5) is 23.9. The molecule has 1 aromatic carbocycles. The van der Waals surface area contributed by atoms with Crippen LogP contribution in [-0.4, -0.2) is 31.4 Å². The highest BCUT2D eigenvalue weighted by molar-refractivity contribution is 5.98. The van der Waals surface area contributed by atoms with E-state index >= 15 is 0 Å². The van der Waals surface area contributed by atoms with Crippen molar-refractivity contribution in [3.63, 3.8) is 0 Å². The number of ether oxygens (including phenoxy) is 1. The smallest absolute Gasteiger partial charge is 0.220 e. The van der Waals surface area contributed by atoms with Gasteiger partial charge in [0.05, 0.1) is 7.11 Å². The van der Waals surface area contributed by atoms with Gasteiger partial charge in [-0.2, -0.15) is 0 Å². The van der Waals surface area contributed by atoms with Gasteiger partial charge in [0.15, 0.2) is 17.3 Å². The second-order valence-corrected chi connectivity index (χ2v) is 5.41. The van der Waals surface area contributed by atoms with Gasteiger partial charge in [0, 0.05) is 31.0 Å². The van der Waals surface area contributed by atoms with Crippen molar-refractivity contribution in [2.45, 2.75) is 45.1 Å². The third-order valence-electron chi connectivity index (χ3n) is 3.61. The molecule has 0 bridgehead atoms. The van der Waals surface area contributed by atoms with Crippen LogP contribution in [0.1, 0.15) is 49.4 Å². The number of hydrogen-bond acceptors (Lipinski definition) is 4. The van der Waals surface area contributed by atoms with Crippen LogP contribution in [-0.2, 0) is 4.79 Å². The predicted molar refractivity (Wildman–Crippen MR) is 87.0 cm³/mol. The lowest BCUT2D eigenvalue weighted by molar-refractivity contribution is -0.121. The third kappa shape index (κ3) is 6.36. The maximum absolute atomic E-state index is 13.6. The van der Waals surface area contributed by atoms with E-state index in [-0.39, 0.29) is 41.9 Å². The van der Waals surface area contributed by atoms with Crippen molar-refractivity contribution in [2.24, 2.45) is 5.73 Å². The van der Waals surface area contributed by atoms with Gasteiger partial charge in [0.1, 0.15) is 0 Å². The molecule has 0 saturated carbocycles. The largest absolute Gasteiger partial charge is 0.494 e. The Balaban J connectivity index is 2.48. The second kappa shape index (κ2) is 9.94. The lowest BCUT2D eigenvalue weighted by atomic mass is 10.1. The summed E-state index contributed by atoms with van der Waals surface area (Å²) >= 11 is 0. The van der Waals surface area contributed by atoms with Crippen LogP contribution in [0.2, 0.25) is 0 Å². The molecule has 1 atom stereocenters. The maximum atomic E-state index is 13.6. The summed E-state index contributed by atoms with van der Waals surface area (Å²) in [6.07, 6.45) is 2.95. The first-order chi connectivity index (χ1) is 11.0. The van der Waals surface area contributed by atoms with E-state index in [0.717, 1.165) is 25.3 Å². The minimum Gasteiger partial charge on any atom is -0.494 e. The van der Waals surface area contributed by atoms with Gasteiger partial charge in [0.2, 0.25) is 5.91 Å². The lowest BCUT2D eigenvalue weighted by Gasteiger charge is -2.16. The van der Waals surface area contributed by atoms with Crippen LogP contribution in [0.5, 0.6) is 5.75 Å². The molecule has 0 aliphatic rings. The minimum absolute atomic E-state index is 0.0304. The summed E-state index contributed by atoms with van der Waals surface area (Å²) in [6.45, 7) is 2.45. The lowest BCUT2D eigenvalue weighted by Crippen LogP contribution is -2.40. The fraction of sp³-hybridized carbons (Fsp3) is 0.529. The van der Waals surface area contributed by atoms with Crippen LogP contribution in [0.3, 0.4) is 0 Å². The van der Waals surface area contributed by atoms with Crippen LogP contribution >= 0.6 is 0 Å². The predicted octanol–water partition coefficient (Wildman–Crippen LogP) is 2.43. The van der Waals surface area contributed by atoms with Crippen molar-refractivity contribution < 1.29 is 18.7 Å². The molecule has 6 heteroatoms. The third-order valence-corrected chi connectivity index (χ3v) is 3.61. The van der Waals surface area contributed by atoms with Crippen molar-refractivity contribution in [2.75, 3.05) is 13.7 Å². The van der Waals surface area contributed by atoms with Gasteiger partial charge in [-0.1, -0.05) is 19.8 Å². The van der Waals surface area contributed by atoms with E-state index in [9.17, 15) is 14.0 Å². The summed E-state index contributed by atoms with van der Waals surface area (Å²) in [5.74, 6) is -0.995. The number of amides is 1. The number of carbonyl (C=O) groups excluding carboxylic acids is 2. The van der Waals surface area contributed by atoms with Crippen molar-refractivity contribution in [3.05, 3.63) is 29.6 Å². The number of nitrogens with one attached hydrogen (secondary N) is 1. The van der Waals surface area contributed by atoms with E-state index in [4.69, 9.17) is 10.5 Å². The fourth-order valence-corrected chi connectivity index (χ4v) is 2.21. The first-order valence-corrected chi connectivity index (χ1v) is 7.88. The van der Waals surface area contributed by atoms with Crippen molar-refractivity contribution in [3.8, 4) is 5.75 Å². The molecule has 0 fully saturated rings. The van der Waals surface area contributed by atoms with Crippen LogP contribution in [0.4, 0.5) is 4.39 Å². The molecule has 1 unspecified atom stereocenters. The summed E-state index contributed by atoms with van der Waals surface area (Å²) in [5, 5.41) is 2.83. The summed E-state index contributed by atoms with van der Waals surface area (Å²) < 4.78 is 18.4. The van der Waals surface area contributed by atoms with Crippen LogP contribution in [0, 0.1) is 5.82 Å². The van der Waals surface area contributed by atoms with Gasteiger partial charge >= 0.3 is 0 Å². The van der Waals surface area contributed by atoms with E-state index in [1.54, 1.807) is 0 Å². The van der Waals surface area contributed by atoms with E-state index in [1.807, 2.05) is 0 Å². The average Bonchev–Trinajstić information content (AvgIpc) is 2.56. The molecule has 0 aromatic heterocycles. The molecule has 1 rings (SSSR count). The standard InChI is InChI=1S/C17H25FN2O3/c1-3-4-5-13(11-19)20-17(22)9-7-15(21)12-6-8-16(23-2)14(18)10-12/h6,8,10,13H,3-5,7,9,11,19H2,1-2H3,(H,20,22). The van der Waals surface area contributed by atoms with E-state index in [2.05, 4.69) is 12.2 Å². The van der Waals surface area contributed by atoms with Gasteiger partial charge in [-0.15, -0.1) is 0 Å². The Morgan fingerprint density at radius 2 is 2.09 bits per heavy atom. The molecule has 128 valence electrons. The Morgan fingerprint density at radius 1 is 1.35 bits per heavy atom. The number of methoxy groups -OCH3 is 1. The zero-order valence-corrected chi connectivity index (χ0v) is 13.7. The summed E-state index contributed by atoms with van der Waals surface area (Å²) in [5.41, 5.74) is 5.85. The summed E-state index contributed by atoms with van der Waals surface area (Å²) in [7, 11) is 1.36. The Morgan fingerprint density at radius 3 is 2.65 bits per heavy atom. The monoisotopic (exact) mass is 324 g/mol. The van der Waals surface area contributed by atoms with Gasteiger partial charge in [-0.05, 0) is 24.6 Å².